The van der Waals surface area contributed by atoms with Gasteiger partial charge in [0.05, 0.1) is 51.3 Å². The van der Waals surface area contributed by atoms with Crippen LogP contribution in [0.3, 0.4) is 0 Å². The second-order valence-corrected chi connectivity index (χ2v) is 27.3. The fourth-order valence-electron chi connectivity index (χ4n) is 9.85. The summed E-state index contributed by atoms with van der Waals surface area (Å²) in [5, 5.41) is 109. The summed E-state index contributed by atoms with van der Waals surface area (Å²) in [6.45, 7) is 4.68. The number of hydrogen-bond acceptors (Lipinski definition) is 26. The first-order valence-electron chi connectivity index (χ1n) is 35.1. The Balaban J connectivity index is 6.70. The van der Waals surface area contributed by atoms with Gasteiger partial charge >= 0.3 is 29.8 Å². The summed E-state index contributed by atoms with van der Waals surface area (Å²) in [6.07, 6.45) is -5.50. The minimum absolute atomic E-state index is 0.0229. The highest BCUT2D eigenvalue weighted by atomic mass is 32.2. The molecule has 628 valence electrons. The molecule has 14 amide bonds. The molecule has 0 spiro atoms. The van der Waals surface area contributed by atoms with E-state index in [-0.39, 0.29) is 63.5 Å². The molecule has 14 atom stereocenters. The summed E-state index contributed by atoms with van der Waals surface area (Å²) in [7, 11) is 0. The van der Waals surface area contributed by atoms with E-state index in [2.05, 4.69) is 52.8 Å². The molecule has 0 unspecified atom stereocenters. The van der Waals surface area contributed by atoms with Crippen molar-refractivity contribution < 1.29 is 132 Å². The highest BCUT2D eigenvalue weighted by Gasteiger charge is 2.38. The number of aliphatic carboxylic acids is 5. The third-order valence-corrected chi connectivity index (χ3v) is 16.3. The lowest BCUT2D eigenvalue weighted by atomic mass is 9.99. The van der Waals surface area contributed by atoms with Gasteiger partial charge < -0.3 is 138 Å². The van der Waals surface area contributed by atoms with Gasteiger partial charge in [-0.05, 0) is 108 Å². The summed E-state index contributed by atoms with van der Waals surface area (Å²) in [6, 6.07) is -22.5. The van der Waals surface area contributed by atoms with Crippen molar-refractivity contribution in [2.75, 3.05) is 51.4 Å². The molecule has 0 aromatic rings. The Hall–Kier alpha value is -10.6. The van der Waals surface area contributed by atoms with Crippen LogP contribution in [-0.4, -0.2) is 295 Å². The molecule has 0 bridgehead atoms. The van der Waals surface area contributed by atoms with Gasteiger partial charge in [0.15, 0.2) is 12.0 Å². The number of aliphatic imine (C=N–C) groups is 1. The van der Waals surface area contributed by atoms with Gasteiger partial charge in [-0.15, -0.1) is 0 Å². The Kier molecular flexibility index (Phi) is 48.1. The van der Waals surface area contributed by atoms with Gasteiger partial charge in [0.25, 0.3) is 0 Å². The zero-order chi connectivity index (χ0) is 84.9. The van der Waals surface area contributed by atoms with E-state index >= 15 is 0 Å². The Morgan fingerprint density at radius 3 is 1.14 bits per heavy atom. The van der Waals surface area contributed by atoms with Crippen LogP contribution in [-0.2, 0) is 91.1 Å². The van der Waals surface area contributed by atoms with Crippen LogP contribution < -0.4 is 97.4 Å². The van der Waals surface area contributed by atoms with Gasteiger partial charge in [0.1, 0.15) is 66.5 Å². The molecular formula is C64H109N19O27S. The minimum Gasteiger partial charge on any atom is -0.481 e. The van der Waals surface area contributed by atoms with Crippen molar-refractivity contribution in [3.05, 3.63) is 0 Å². The Bertz CT molecular complexity index is 3240. The molecule has 0 fully saturated rings. The van der Waals surface area contributed by atoms with E-state index in [1.807, 2.05) is 26.6 Å². The second kappa shape index (κ2) is 53.2. The average Bonchev–Trinajstić information content (AvgIpc) is 0.855. The molecule has 0 radical (unpaired) electrons. The highest BCUT2D eigenvalue weighted by Crippen LogP contribution is 2.14. The lowest BCUT2D eigenvalue weighted by Gasteiger charge is -2.29. The van der Waals surface area contributed by atoms with Crippen molar-refractivity contribution in [3.8, 4) is 0 Å². The lowest BCUT2D eigenvalue weighted by molar-refractivity contribution is -0.145. The number of carbonyl (C=O) groups is 19. The van der Waals surface area contributed by atoms with E-state index in [4.69, 9.17) is 22.9 Å². The maximum absolute atomic E-state index is 14.2. The third-order valence-electron chi connectivity index (χ3n) is 15.7. The van der Waals surface area contributed by atoms with Crippen LogP contribution >= 0.6 is 11.8 Å². The largest absolute Gasteiger partial charge is 0.481 e. The predicted octanol–water partition coefficient (Wildman–Crippen LogP) is -10.5. The van der Waals surface area contributed by atoms with Crippen LogP contribution in [0.4, 0.5) is 0 Å². The number of nitrogens with one attached hydrogen (secondary N) is 14. The monoisotopic (exact) mass is 1610 g/mol. The van der Waals surface area contributed by atoms with E-state index in [9.17, 15) is 132 Å². The van der Waals surface area contributed by atoms with Crippen molar-refractivity contribution in [2.45, 2.75) is 216 Å². The lowest BCUT2D eigenvalue weighted by Crippen LogP contribution is -2.61. The molecule has 0 saturated carbocycles. The number of carboxylic acids is 5. The Morgan fingerprint density at radius 1 is 0.396 bits per heavy atom. The molecular weight excluding hydrogens is 1500 g/mol. The van der Waals surface area contributed by atoms with E-state index in [1.54, 1.807) is 34.0 Å². The number of aliphatic hydroxyl groups is 3. The van der Waals surface area contributed by atoms with Gasteiger partial charge in [-0.1, -0.05) is 27.7 Å². The molecule has 30 N–H and O–H groups in total. The first-order chi connectivity index (χ1) is 51.9. The number of unbranched alkanes of at least 4 members (excludes halogenated alkanes) is 1. The maximum Gasteiger partial charge on any atom is 0.328 e. The maximum atomic E-state index is 14.2. The van der Waals surface area contributed by atoms with Crippen molar-refractivity contribution in [2.24, 2.45) is 39.8 Å². The standard InChI is InChI=1S/C64H109N19O27S/c1-29(2)21-38(58(104)75-35(11-8-9-18-65)57(103)83-50(32(6)86)63(109)110)79-59(105)39(22-30(3)4)78-56(102)37(14-16-47(91)92)76-55(101)36(13-15-46(89)90)77-61(107)41(24-49(95)96)80-62(108)43(28-85)82-60(106)40(23-48(93)94)74-45(88)26-71-53(99)42(27-84)81-54(100)34(12-10-19-69-64(67)68)73-44(87)25-70-51(97)31(5)72-52(98)33(66)17-20-111-7/h29-43,50,84-86H,8-28,65-66H2,1-7H3,(H,70,97)(H,71,99)(H,72,98)(H,73,87)(H,74,88)(H,75,104)(H,76,101)(H,77,107)(H,78,102)(H,79,105)(H,80,108)(H,81,100)(H,82,106)(H,83,103)(H,89,90)(H,91,92)(H,93,94)(H,95,96)(H,109,110)(H4,67,68,69)/t31-,32+,33-,34-,35-,36-,37-,38-,39-,40-,41-,42-,43-,50-/m0/s1. The zero-order valence-corrected chi connectivity index (χ0v) is 63.4. The van der Waals surface area contributed by atoms with Crippen LogP contribution in [0.1, 0.15) is 131 Å². The topological polar surface area (TPSA) is 771 Å². The summed E-state index contributed by atoms with van der Waals surface area (Å²) in [4.78, 5) is 253. The van der Waals surface area contributed by atoms with Crippen LogP contribution in [0, 0.1) is 11.8 Å². The van der Waals surface area contributed by atoms with E-state index < -0.39 is 268 Å². The molecule has 0 aromatic heterocycles. The number of rotatable bonds is 57. The number of nitrogens with two attached hydrogens (primary N) is 4. The number of guanidine groups is 1. The molecule has 0 heterocycles. The quantitative estimate of drug-likeness (QED) is 0.0153. The number of amides is 14. The molecule has 0 rings (SSSR count). The van der Waals surface area contributed by atoms with Gasteiger partial charge in [-0.3, -0.25) is 91.3 Å². The second-order valence-electron chi connectivity index (χ2n) is 26.3. The van der Waals surface area contributed by atoms with Crippen LogP contribution in [0.2, 0.25) is 0 Å². The summed E-state index contributed by atoms with van der Waals surface area (Å²) >= 11 is 1.45. The number of carboxylic acid groups (broad SMARTS) is 5. The number of aliphatic hydroxyl groups excluding tert-OH is 3. The number of thioether (sulfide) groups is 1. The van der Waals surface area contributed by atoms with Crippen molar-refractivity contribution in [1.29, 1.82) is 0 Å². The first kappa shape index (κ1) is 100. The van der Waals surface area contributed by atoms with Gasteiger partial charge in [-0.25, -0.2) is 4.79 Å². The van der Waals surface area contributed by atoms with Gasteiger partial charge in [0.2, 0.25) is 82.7 Å². The summed E-state index contributed by atoms with van der Waals surface area (Å²) in [5.41, 5.74) is 22.2. The molecule has 0 aliphatic carbocycles. The summed E-state index contributed by atoms with van der Waals surface area (Å²) < 4.78 is 0. The fraction of sp³-hybridized carbons (Fsp3) is 0.688. The molecule has 0 saturated heterocycles. The number of nitrogens with zero attached hydrogens (tertiary/aromatic N) is 1. The van der Waals surface area contributed by atoms with Crippen LogP contribution in [0.25, 0.3) is 0 Å². The van der Waals surface area contributed by atoms with Crippen molar-refractivity contribution in [1.82, 2.24) is 74.4 Å². The third kappa shape index (κ3) is 42.2. The van der Waals surface area contributed by atoms with E-state index in [0.717, 1.165) is 6.92 Å². The van der Waals surface area contributed by atoms with Crippen molar-refractivity contribution in [3.63, 3.8) is 0 Å². The molecule has 0 aliphatic heterocycles. The Morgan fingerprint density at radius 2 is 0.748 bits per heavy atom. The first-order valence-corrected chi connectivity index (χ1v) is 36.5. The molecule has 46 nitrogen and oxygen atoms in total. The van der Waals surface area contributed by atoms with Gasteiger partial charge in [0, 0.05) is 19.4 Å². The average molecular weight is 1610 g/mol. The summed E-state index contributed by atoms with van der Waals surface area (Å²) in [5.74, 6) is -25.4. The van der Waals surface area contributed by atoms with Gasteiger partial charge in [-0.2, -0.15) is 11.8 Å². The van der Waals surface area contributed by atoms with Crippen LogP contribution in [0.5, 0.6) is 0 Å². The number of carbonyl (C=O) groups excluding carboxylic acids is 14. The normalized spacial score (nSPS) is 14.8. The SMILES string of the molecule is CSCC[C@H](N)C(=O)N[C@@H](C)C(=O)NCC(=O)N[C@@H](CCCN=C(N)N)C(=O)N[C@@H](CO)C(=O)NCC(=O)N[C@@H](CC(=O)O)C(=O)N[C@@H](CO)C(=O)N[C@@H](CC(=O)O)C(=O)N[C@@H](CCC(=O)O)C(=O)N[C@@H](CCC(=O)O)C(=O)N[C@@H](CC(C)C)C(=O)N[C@@H](CC(C)C)C(=O)N[C@@H](CCCCN)C(=O)N[C@H](C(=O)O)[C@@H](C)O. The highest BCUT2D eigenvalue weighted by molar-refractivity contribution is 7.98. The fourth-order valence-corrected chi connectivity index (χ4v) is 10.3. The minimum atomic E-state index is -2.31. The zero-order valence-electron chi connectivity index (χ0n) is 62.6. The smallest absolute Gasteiger partial charge is 0.328 e. The van der Waals surface area contributed by atoms with E-state index in [1.165, 1.54) is 18.7 Å². The molecule has 0 aliphatic rings. The van der Waals surface area contributed by atoms with Crippen LogP contribution in [0.15, 0.2) is 4.99 Å². The molecule has 47 heteroatoms. The molecule has 111 heavy (non-hydrogen) atoms. The van der Waals surface area contributed by atoms with Crippen molar-refractivity contribution >= 4 is 130 Å². The predicted molar refractivity (Wildman–Crippen MR) is 389 cm³/mol. The number of hydrogen-bond donors (Lipinski definition) is 26. The molecule has 0 aromatic carbocycles. The Labute approximate surface area is 641 Å². The van der Waals surface area contributed by atoms with E-state index in [0.29, 0.717) is 18.6 Å².